The highest BCUT2D eigenvalue weighted by atomic mass is 35.5. The summed E-state index contributed by atoms with van der Waals surface area (Å²) in [4.78, 5) is 10.5. The lowest BCUT2D eigenvalue weighted by molar-refractivity contribution is 0.315. The summed E-state index contributed by atoms with van der Waals surface area (Å²) >= 11 is 11.7. The molecule has 0 unspecified atom stereocenters. The summed E-state index contributed by atoms with van der Waals surface area (Å²) in [5, 5.41) is 0.878. The van der Waals surface area contributed by atoms with Crippen molar-refractivity contribution < 1.29 is 4.74 Å². The SMILES string of the molecule is NC(=NCCOc1ncc(Cl)cc1Cl)N1CCCCCC1. The molecule has 2 N–H and O–H groups in total. The summed E-state index contributed by atoms with van der Waals surface area (Å²) in [5.41, 5.74) is 6.01. The van der Waals surface area contributed by atoms with Crippen molar-refractivity contribution >= 4 is 29.2 Å². The number of ether oxygens (including phenoxy) is 1. The summed E-state index contributed by atoms with van der Waals surface area (Å²) in [6, 6.07) is 1.60. The van der Waals surface area contributed by atoms with Crippen molar-refractivity contribution in [1.82, 2.24) is 9.88 Å². The fraction of sp³-hybridized carbons (Fsp3) is 0.571. The highest BCUT2D eigenvalue weighted by molar-refractivity contribution is 6.35. The normalized spacial score (nSPS) is 16.7. The predicted molar refractivity (Wildman–Crippen MR) is 86.3 cm³/mol. The Morgan fingerprint density at radius 1 is 1.29 bits per heavy atom. The monoisotopic (exact) mass is 330 g/mol. The van der Waals surface area contributed by atoms with Gasteiger partial charge in [0, 0.05) is 19.3 Å². The Morgan fingerprint density at radius 3 is 2.67 bits per heavy atom. The highest BCUT2D eigenvalue weighted by Gasteiger charge is 2.10. The molecule has 21 heavy (non-hydrogen) atoms. The van der Waals surface area contributed by atoms with Crippen molar-refractivity contribution in [2.75, 3.05) is 26.2 Å². The average Bonchev–Trinajstić information content (AvgIpc) is 2.74. The fourth-order valence-corrected chi connectivity index (χ4v) is 2.65. The van der Waals surface area contributed by atoms with Crippen LogP contribution >= 0.6 is 23.2 Å². The molecule has 2 heterocycles. The molecule has 116 valence electrons. The second-order valence-corrected chi connectivity index (χ2v) is 5.77. The standard InChI is InChI=1S/C14H20Cl2N4O/c15-11-9-12(16)13(19-10-11)21-8-5-18-14(17)20-6-3-1-2-4-7-20/h9-10H,1-8H2,(H2,17,18). The summed E-state index contributed by atoms with van der Waals surface area (Å²) in [5.74, 6) is 0.959. The molecule has 5 nitrogen and oxygen atoms in total. The Morgan fingerprint density at radius 2 is 2.00 bits per heavy atom. The van der Waals surface area contributed by atoms with Gasteiger partial charge in [-0.15, -0.1) is 0 Å². The number of aliphatic imine (C=N–C) groups is 1. The largest absolute Gasteiger partial charge is 0.475 e. The van der Waals surface area contributed by atoms with Gasteiger partial charge < -0.3 is 15.4 Å². The van der Waals surface area contributed by atoms with Gasteiger partial charge in [-0.25, -0.2) is 9.98 Å². The molecule has 0 aliphatic carbocycles. The van der Waals surface area contributed by atoms with Crippen LogP contribution in [0.4, 0.5) is 0 Å². The van der Waals surface area contributed by atoms with Gasteiger partial charge in [0.2, 0.25) is 5.88 Å². The average molecular weight is 331 g/mol. The summed E-state index contributed by atoms with van der Waals surface area (Å²) in [7, 11) is 0. The molecule has 2 rings (SSSR count). The molecular weight excluding hydrogens is 311 g/mol. The van der Waals surface area contributed by atoms with Crippen molar-refractivity contribution in [3.8, 4) is 5.88 Å². The number of hydrogen-bond acceptors (Lipinski definition) is 3. The van der Waals surface area contributed by atoms with Crippen LogP contribution in [0.3, 0.4) is 0 Å². The molecule has 0 atom stereocenters. The maximum absolute atomic E-state index is 6.01. The van der Waals surface area contributed by atoms with Crippen LogP contribution in [0, 0.1) is 0 Å². The van der Waals surface area contributed by atoms with E-state index in [2.05, 4.69) is 14.9 Å². The zero-order chi connectivity index (χ0) is 15.1. The number of pyridine rings is 1. The van der Waals surface area contributed by atoms with E-state index in [4.69, 9.17) is 33.7 Å². The van der Waals surface area contributed by atoms with Crippen LogP contribution in [0.2, 0.25) is 10.0 Å². The van der Waals surface area contributed by atoms with E-state index in [0.717, 1.165) is 13.1 Å². The van der Waals surface area contributed by atoms with Crippen LogP contribution in [0.1, 0.15) is 25.7 Å². The van der Waals surface area contributed by atoms with E-state index >= 15 is 0 Å². The van der Waals surface area contributed by atoms with E-state index in [0.29, 0.717) is 35.0 Å². The van der Waals surface area contributed by atoms with Gasteiger partial charge in [0.1, 0.15) is 11.6 Å². The number of likely N-dealkylation sites (tertiary alicyclic amines) is 1. The molecule has 1 aromatic heterocycles. The fourth-order valence-electron chi connectivity index (χ4n) is 2.21. The molecule has 0 aromatic carbocycles. The minimum Gasteiger partial charge on any atom is -0.475 e. The zero-order valence-corrected chi connectivity index (χ0v) is 13.4. The van der Waals surface area contributed by atoms with Crippen LogP contribution in [-0.4, -0.2) is 42.1 Å². The van der Waals surface area contributed by atoms with E-state index in [1.165, 1.54) is 31.9 Å². The zero-order valence-electron chi connectivity index (χ0n) is 11.9. The molecule has 0 radical (unpaired) electrons. The molecule has 0 saturated carbocycles. The lowest BCUT2D eigenvalue weighted by atomic mass is 10.2. The van der Waals surface area contributed by atoms with Crippen molar-refractivity contribution in [1.29, 1.82) is 0 Å². The third kappa shape index (κ3) is 5.25. The second-order valence-electron chi connectivity index (χ2n) is 4.93. The Hall–Kier alpha value is -1.20. The van der Waals surface area contributed by atoms with Crippen molar-refractivity contribution in [3.05, 3.63) is 22.3 Å². The Labute approximate surface area is 135 Å². The number of hydrogen-bond donors (Lipinski definition) is 1. The van der Waals surface area contributed by atoms with Gasteiger partial charge in [-0.2, -0.15) is 0 Å². The van der Waals surface area contributed by atoms with E-state index in [9.17, 15) is 0 Å². The minimum atomic E-state index is 0.365. The van der Waals surface area contributed by atoms with Gasteiger partial charge >= 0.3 is 0 Å². The van der Waals surface area contributed by atoms with Gasteiger partial charge in [-0.3, -0.25) is 0 Å². The molecule has 1 aliphatic heterocycles. The Kier molecular flexibility index (Phi) is 6.39. The smallest absolute Gasteiger partial charge is 0.232 e. The first-order valence-electron chi connectivity index (χ1n) is 7.15. The third-order valence-corrected chi connectivity index (χ3v) is 3.79. The Balaban J connectivity index is 1.78. The van der Waals surface area contributed by atoms with Crippen LogP contribution in [0.5, 0.6) is 5.88 Å². The van der Waals surface area contributed by atoms with Crippen molar-refractivity contribution in [2.45, 2.75) is 25.7 Å². The van der Waals surface area contributed by atoms with Gasteiger partial charge in [-0.05, 0) is 18.9 Å². The molecular formula is C14H20Cl2N4O. The van der Waals surface area contributed by atoms with Gasteiger partial charge in [0.05, 0.1) is 11.6 Å². The summed E-state index contributed by atoms with van der Waals surface area (Å²) in [6.45, 7) is 2.83. The minimum absolute atomic E-state index is 0.365. The summed E-state index contributed by atoms with van der Waals surface area (Å²) in [6.07, 6.45) is 6.40. The number of guanidine groups is 1. The second kappa shape index (κ2) is 8.29. The number of nitrogens with zero attached hydrogens (tertiary/aromatic N) is 3. The molecule has 1 fully saturated rings. The molecule has 1 saturated heterocycles. The number of halogens is 2. The molecule has 0 spiro atoms. The molecule has 0 amide bonds. The molecule has 7 heteroatoms. The first kappa shape index (κ1) is 16.2. The van der Waals surface area contributed by atoms with Gasteiger partial charge in [0.15, 0.2) is 5.96 Å². The highest BCUT2D eigenvalue weighted by Crippen LogP contribution is 2.24. The first-order chi connectivity index (χ1) is 10.2. The number of rotatable bonds is 4. The summed E-state index contributed by atoms with van der Waals surface area (Å²) < 4.78 is 5.47. The molecule has 1 aliphatic rings. The molecule has 1 aromatic rings. The van der Waals surface area contributed by atoms with Gasteiger partial charge in [-0.1, -0.05) is 36.0 Å². The van der Waals surface area contributed by atoms with Crippen LogP contribution < -0.4 is 10.5 Å². The van der Waals surface area contributed by atoms with Crippen molar-refractivity contribution in [3.63, 3.8) is 0 Å². The van der Waals surface area contributed by atoms with Crippen LogP contribution in [0.15, 0.2) is 17.3 Å². The van der Waals surface area contributed by atoms with Crippen LogP contribution in [-0.2, 0) is 0 Å². The first-order valence-corrected chi connectivity index (χ1v) is 7.91. The lowest BCUT2D eigenvalue weighted by Gasteiger charge is -2.21. The maximum Gasteiger partial charge on any atom is 0.232 e. The quantitative estimate of drug-likeness (QED) is 0.523. The van der Waals surface area contributed by atoms with E-state index in [-0.39, 0.29) is 0 Å². The van der Waals surface area contributed by atoms with Crippen molar-refractivity contribution in [2.24, 2.45) is 10.7 Å². The molecule has 0 bridgehead atoms. The van der Waals surface area contributed by atoms with E-state index in [1.54, 1.807) is 6.07 Å². The Bertz CT molecular complexity index is 488. The van der Waals surface area contributed by atoms with E-state index in [1.807, 2.05) is 0 Å². The van der Waals surface area contributed by atoms with Gasteiger partial charge in [0.25, 0.3) is 0 Å². The number of aromatic nitrogens is 1. The lowest BCUT2D eigenvalue weighted by Crippen LogP contribution is -2.38. The van der Waals surface area contributed by atoms with E-state index < -0.39 is 0 Å². The number of nitrogens with two attached hydrogens (primary N) is 1. The van der Waals surface area contributed by atoms with Crippen LogP contribution in [0.25, 0.3) is 0 Å². The topological polar surface area (TPSA) is 63.7 Å². The maximum atomic E-state index is 6.01. The predicted octanol–water partition coefficient (Wildman–Crippen LogP) is 2.96. The third-order valence-electron chi connectivity index (χ3n) is 3.31.